The maximum Gasteiger partial charge on any atom is 0.353 e. The number of aromatic amines is 1. The summed E-state index contributed by atoms with van der Waals surface area (Å²) in [6.07, 6.45) is 1.87. The molecule has 0 spiro atoms. The number of nitrogens with one attached hydrogen (secondary N) is 2. The summed E-state index contributed by atoms with van der Waals surface area (Å²) in [5, 5.41) is 15.8. The van der Waals surface area contributed by atoms with Crippen LogP contribution < -0.4 is 10.2 Å². The third-order valence-corrected chi connectivity index (χ3v) is 5.67. The van der Waals surface area contributed by atoms with Crippen LogP contribution in [-0.2, 0) is 19.5 Å². The number of para-hydroxylation sites is 1. The van der Waals surface area contributed by atoms with Crippen LogP contribution in [-0.4, -0.2) is 26.4 Å². The minimum absolute atomic E-state index is 0.0709. The van der Waals surface area contributed by atoms with E-state index in [9.17, 15) is 23.3 Å². The number of H-pyrrole nitrogens is 1. The molecule has 0 fully saturated rings. The Bertz CT molecular complexity index is 1370. The Labute approximate surface area is 185 Å². The van der Waals surface area contributed by atoms with Crippen molar-refractivity contribution >= 4 is 28.2 Å². The van der Waals surface area contributed by atoms with Crippen LogP contribution in [0.1, 0.15) is 16.8 Å². The molecule has 4 aromatic rings. The third kappa shape index (κ3) is 3.71. The van der Waals surface area contributed by atoms with Gasteiger partial charge in [-0.2, -0.15) is 0 Å². The summed E-state index contributed by atoms with van der Waals surface area (Å²) in [5.74, 6) is -4.22. The van der Waals surface area contributed by atoms with E-state index in [0.717, 1.165) is 28.7 Å². The summed E-state index contributed by atoms with van der Waals surface area (Å²) in [5.41, 5.74) is 2.86. The van der Waals surface area contributed by atoms with Crippen molar-refractivity contribution in [3.63, 3.8) is 0 Å². The second-order valence-electron chi connectivity index (χ2n) is 7.68. The molecule has 1 aliphatic heterocycles. The van der Waals surface area contributed by atoms with Crippen molar-refractivity contribution in [1.82, 2.24) is 15.0 Å². The largest absolute Gasteiger partial charge is 0.360 e. The highest BCUT2D eigenvalue weighted by Crippen LogP contribution is 2.36. The fourth-order valence-corrected chi connectivity index (χ4v) is 4.17. The zero-order chi connectivity index (χ0) is 23.1. The van der Waals surface area contributed by atoms with Crippen LogP contribution in [0.2, 0.25) is 0 Å². The maximum atomic E-state index is 13.5. The summed E-state index contributed by atoms with van der Waals surface area (Å²) in [6, 6.07) is 9.57. The van der Waals surface area contributed by atoms with Gasteiger partial charge in [-0.1, -0.05) is 18.2 Å². The molecule has 0 aliphatic carbocycles. The van der Waals surface area contributed by atoms with E-state index in [2.05, 4.69) is 20.3 Å². The van der Waals surface area contributed by atoms with Crippen LogP contribution >= 0.6 is 0 Å². The van der Waals surface area contributed by atoms with Gasteiger partial charge in [0, 0.05) is 29.7 Å². The van der Waals surface area contributed by atoms with Crippen molar-refractivity contribution in [2.75, 3.05) is 16.8 Å². The Morgan fingerprint density at radius 3 is 2.67 bits per heavy atom. The van der Waals surface area contributed by atoms with Crippen molar-refractivity contribution in [3.05, 3.63) is 87.1 Å². The molecule has 3 heterocycles. The smallest absolute Gasteiger partial charge is 0.353 e. The van der Waals surface area contributed by atoms with Crippen molar-refractivity contribution in [1.29, 1.82) is 0 Å². The van der Waals surface area contributed by atoms with Gasteiger partial charge in [0.15, 0.2) is 17.5 Å². The van der Waals surface area contributed by atoms with Crippen LogP contribution in [0.4, 0.5) is 30.5 Å². The lowest BCUT2D eigenvalue weighted by Crippen LogP contribution is -2.31. The van der Waals surface area contributed by atoms with Crippen molar-refractivity contribution in [2.45, 2.75) is 19.5 Å². The van der Waals surface area contributed by atoms with Crippen LogP contribution in [0.5, 0.6) is 0 Å². The van der Waals surface area contributed by atoms with E-state index >= 15 is 0 Å². The van der Waals surface area contributed by atoms with E-state index in [1.807, 2.05) is 24.3 Å². The van der Waals surface area contributed by atoms with Gasteiger partial charge in [0.25, 0.3) is 0 Å². The van der Waals surface area contributed by atoms with E-state index in [1.54, 1.807) is 4.90 Å². The predicted molar refractivity (Wildman–Crippen MR) is 115 cm³/mol. The molecule has 0 bridgehead atoms. The Morgan fingerprint density at radius 2 is 1.91 bits per heavy atom. The monoisotopic (exact) mass is 454 g/mol. The summed E-state index contributed by atoms with van der Waals surface area (Å²) < 4.78 is 40.2. The lowest BCUT2D eigenvalue weighted by Gasteiger charge is -2.27. The number of rotatable bonds is 5. The molecule has 0 saturated heterocycles. The molecule has 11 heteroatoms. The average Bonchev–Trinajstić information content (AvgIpc) is 3.18. The van der Waals surface area contributed by atoms with Gasteiger partial charge in [-0.3, -0.25) is 10.1 Å². The number of anilines is 2. The normalized spacial score (nSPS) is 13.2. The Morgan fingerprint density at radius 1 is 1.15 bits per heavy atom. The standard InChI is InChI=1S/C22H17F3N6O2/c23-15-7-12(8-16(24)19(15)25)9-26-21-20(31(32)33)22(28-11-27-21)30-6-5-14-13-3-1-2-4-17(13)29-18(14)10-30/h1-4,7-8,11,29H,5-6,9-10H2,(H,26,27,28). The fourth-order valence-electron chi connectivity index (χ4n) is 4.17. The van der Waals surface area contributed by atoms with Crippen molar-refractivity contribution in [3.8, 4) is 0 Å². The number of nitrogens with zero attached hydrogens (tertiary/aromatic N) is 4. The lowest BCUT2D eigenvalue weighted by molar-refractivity contribution is -0.383. The topological polar surface area (TPSA) is 100.0 Å². The second kappa shape index (κ2) is 8.08. The quantitative estimate of drug-likeness (QED) is 0.262. The lowest BCUT2D eigenvalue weighted by atomic mass is 10.0. The van der Waals surface area contributed by atoms with E-state index in [-0.39, 0.29) is 29.4 Å². The minimum atomic E-state index is -1.57. The highest BCUT2D eigenvalue weighted by atomic mass is 19.2. The number of halogens is 3. The van der Waals surface area contributed by atoms with Crippen molar-refractivity contribution in [2.24, 2.45) is 0 Å². The molecule has 1 aliphatic rings. The number of hydrogen-bond donors (Lipinski definition) is 2. The van der Waals surface area contributed by atoms with E-state index in [1.165, 1.54) is 11.9 Å². The number of hydrogen-bond acceptors (Lipinski definition) is 6. The molecular formula is C22H17F3N6O2. The van der Waals surface area contributed by atoms with Crippen LogP contribution in [0.15, 0.2) is 42.7 Å². The summed E-state index contributed by atoms with van der Waals surface area (Å²) in [6.45, 7) is 0.716. The second-order valence-corrected chi connectivity index (χ2v) is 7.68. The molecule has 0 unspecified atom stereocenters. The summed E-state index contributed by atoms with van der Waals surface area (Å²) in [4.78, 5) is 24.6. The summed E-state index contributed by atoms with van der Waals surface area (Å²) >= 11 is 0. The number of fused-ring (bicyclic) bond motifs is 3. The van der Waals surface area contributed by atoms with Gasteiger partial charge < -0.3 is 15.2 Å². The van der Waals surface area contributed by atoms with Gasteiger partial charge >= 0.3 is 5.69 Å². The first kappa shape index (κ1) is 20.7. The highest BCUT2D eigenvalue weighted by Gasteiger charge is 2.30. The molecular weight excluding hydrogens is 437 g/mol. The molecule has 0 radical (unpaired) electrons. The van der Waals surface area contributed by atoms with E-state index in [0.29, 0.717) is 19.5 Å². The first-order valence-electron chi connectivity index (χ1n) is 10.1. The van der Waals surface area contributed by atoms with Gasteiger partial charge in [-0.25, -0.2) is 23.1 Å². The van der Waals surface area contributed by atoms with Crippen LogP contribution in [0, 0.1) is 27.6 Å². The summed E-state index contributed by atoms with van der Waals surface area (Å²) in [7, 11) is 0. The molecule has 2 aromatic heterocycles. The molecule has 0 saturated carbocycles. The van der Waals surface area contributed by atoms with E-state index in [4.69, 9.17) is 0 Å². The molecule has 168 valence electrons. The molecule has 0 atom stereocenters. The molecule has 2 N–H and O–H groups in total. The highest BCUT2D eigenvalue weighted by molar-refractivity contribution is 5.85. The molecule has 5 rings (SSSR count). The van der Waals surface area contributed by atoms with Gasteiger partial charge in [-0.05, 0) is 35.7 Å². The third-order valence-electron chi connectivity index (χ3n) is 5.67. The van der Waals surface area contributed by atoms with Crippen LogP contribution in [0.3, 0.4) is 0 Å². The maximum absolute atomic E-state index is 13.5. The Balaban J connectivity index is 1.44. The van der Waals surface area contributed by atoms with E-state index < -0.39 is 22.4 Å². The first-order valence-corrected chi connectivity index (χ1v) is 10.1. The molecule has 8 nitrogen and oxygen atoms in total. The number of aromatic nitrogens is 3. The number of nitro groups is 1. The molecule has 2 aromatic carbocycles. The Hall–Kier alpha value is -4.15. The van der Waals surface area contributed by atoms with Gasteiger partial charge in [-0.15, -0.1) is 0 Å². The van der Waals surface area contributed by atoms with Gasteiger partial charge in [0.1, 0.15) is 6.33 Å². The SMILES string of the molecule is O=[N+]([O-])c1c(NCc2cc(F)c(F)c(F)c2)ncnc1N1CCc2c([nH]c3ccccc23)C1. The van der Waals surface area contributed by atoms with Gasteiger partial charge in [0.05, 0.1) is 11.5 Å². The van der Waals surface area contributed by atoms with Crippen molar-refractivity contribution < 1.29 is 18.1 Å². The van der Waals surface area contributed by atoms with Crippen LogP contribution in [0.25, 0.3) is 10.9 Å². The molecule has 33 heavy (non-hydrogen) atoms. The molecule has 0 amide bonds. The predicted octanol–water partition coefficient (Wildman–Crippen LogP) is 4.46. The fraction of sp³-hybridized carbons (Fsp3) is 0.182. The average molecular weight is 454 g/mol. The first-order chi connectivity index (χ1) is 15.9. The minimum Gasteiger partial charge on any atom is -0.360 e. The number of benzene rings is 2. The Kier molecular flexibility index (Phi) is 5.08. The zero-order valence-corrected chi connectivity index (χ0v) is 17.1. The van der Waals surface area contributed by atoms with Gasteiger partial charge in [0.2, 0.25) is 11.6 Å². The zero-order valence-electron chi connectivity index (χ0n) is 17.1.